The molecule has 1 atom stereocenters. The van der Waals surface area contributed by atoms with Crippen LogP contribution < -0.4 is 10.9 Å². The maximum absolute atomic E-state index is 12.8. The molecule has 2 aromatic heterocycles. The SMILES string of the molecule is CCOC(=O)c1noc2ncn(C(C)C(=O)Nc3ccccc3C)c(=O)c12. The second-order valence-corrected chi connectivity index (χ2v) is 5.87. The zero-order chi connectivity index (χ0) is 19.6. The van der Waals surface area contributed by atoms with Crippen LogP contribution in [0.3, 0.4) is 0 Å². The van der Waals surface area contributed by atoms with Crippen molar-refractivity contribution in [2.75, 3.05) is 11.9 Å². The lowest BCUT2D eigenvalue weighted by Crippen LogP contribution is -2.32. The maximum atomic E-state index is 12.8. The number of anilines is 1. The largest absolute Gasteiger partial charge is 0.461 e. The first-order valence-electron chi connectivity index (χ1n) is 8.34. The number of para-hydroxylation sites is 1. The number of hydrogen-bond donors (Lipinski definition) is 1. The van der Waals surface area contributed by atoms with E-state index < -0.39 is 23.5 Å². The Hall–Kier alpha value is -3.49. The number of nitrogens with one attached hydrogen (secondary N) is 1. The molecule has 0 fully saturated rings. The molecule has 1 amide bonds. The molecular formula is C18H18N4O5. The van der Waals surface area contributed by atoms with Crippen molar-refractivity contribution in [2.45, 2.75) is 26.8 Å². The van der Waals surface area contributed by atoms with Gasteiger partial charge in [-0.15, -0.1) is 0 Å². The van der Waals surface area contributed by atoms with Crippen LogP contribution in [0.1, 0.15) is 35.9 Å². The fourth-order valence-electron chi connectivity index (χ4n) is 2.55. The smallest absolute Gasteiger partial charge is 0.361 e. The van der Waals surface area contributed by atoms with Gasteiger partial charge in [0.25, 0.3) is 11.3 Å². The normalized spacial score (nSPS) is 12.0. The number of aryl methyl sites for hydroxylation is 1. The molecule has 0 radical (unpaired) electrons. The van der Waals surface area contributed by atoms with Gasteiger partial charge in [-0.3, -0.25) is 14.2 Å². The third kappa shape index (κ3) is 3.43. The predicted octanol–water partition coefficient (Wildman–Crippen LogP) is 2.07. The summed E-state index contributed by atoms with van der Waals surface area (Å²) in [5.74, 6) is -1.19. The van der Waals surface area contributed by atoms with Gasteiger partial charge < -0.3 is 14.6 Å². The molecule has 1 aromatic carbocycles. The zero-order valence-corrected chi connectivity index (χ0v) is 15.1. The Kier molecular flexibility index (Phi) is 5.02. The Morgan fingerprint density at radius 3 is 2.78 bits per heavy atom. The molecule has 0 aliphatic rings. The van der Waals surface area contributed by atoms with Crippen molar-refractivity contribution in [1.82, 2.24) is 14.7 Å². The van der Waals surface area contributed by atoms with Gasteiger partial charge in [-0.05, 0) is 32.4 Å². The first-order chi connectivity index (χ1) is 12.9. The average molecular weight is 370 g/mol. The number of esters is 1. The summed E-state index contributed by atoms with van der Waals surface area (Å²) in [7, 11) is 0. The van der Waals surface area contributed by atoms with E-state index in [0.717, 1.165) is 10.1 Å². The number of nitrogens with zero attached hydrogens (tertiary/aromatic N) is 3. The summed E-state index contributed by atoms with van der Waals surface area (Å²) in [5, 5.41) is 6.23. The molecule has 0 spiro atoms. The number of amides is 1. The Bertz CT molecular complexity index is 1070. The predicted molar refractivity (Wildman–Crippen MR) is 96.5 cm³/mol. The quantitative estimate of drug-likeness (QED) is 0.683. The fraction of sp³-hybridized carbons (Fsp3) is 0.278. The van der Waals surface area contributed by atoms with Gasteiger partial charge in [0.2, 0.25) is 11.6 Å². The van der Waals surface area contributed by atoms with Crippen LogP contribution in [0.4, 0.5) is 5.69 Å². The van der Waals surface area contributed by atoms with E-state index in [-0.39, 0.29) is 23.4 Å². The van der Waals surface area contributed by atoms with Crippen LogP contribution in [-0.4, -0.2) is 33.2 Å². The highest BCUT2D eigenvalue weighted by atomic mass is 16.5. The zero-order valence-electron chi connectivity index (χ0n) is 15.1. The van der Waals surface area contributed by atoms with E-state index in [4.69, 9.17) is 9.26 Å². The van der Waals surface area contributed by atoms with Crippen LogP contribution in [0.5, 0.6) is 0 Å². The molecule has 0 bridgehead atoms. The van der Waals surface area contributed by atoms with Gasteiger partial charge in [-0.1, -0.05) is 23.4 Å². The van der Waals surface area contributed by atoms with Gasteiger partial charge in [0.1, 0.15) is 17.8 Å². The molecule has 0 aliphatic heterocycles. The van der Waals surface area contributed by atoms with E-state index in [2.05, 4.69) is 15.5 Å². The van der Waals surface area contributed by atoms with Gasteiger partial charge in [-0.2, -0.15) is 0 Å². The van der Waals surface area contributed by atoms with Gasteiger partial charge in [0.05, 0.1) is 6.61 Å². The summed E-state index contributed by atoms with van der Waals surface area (Å²) in [4.78, 5) is 41.3. The Balaban J connectivity index is 1.96. The molecular weight excluding hydrogens is 352 g/mol. The average Bonchev–Trinajstić information content (AvgIpc) is 3.09. The minimum atomic E-state index is -0.876. The molecule has 140 valence electrons. The lowest BCUT2D eigenvalue weighted by atomic mass is 10.2. The van der Waals surface area contributed by atoms with Crippen LogP contribution >= 0.6 is 0 Å². The van der Waals surface area contributed by atoms with Gasteiger partial charge >= 0.3 is 5.97 Å². The van der Waals surface area contributed by atoms with Crippen molar-refractivity contribution in [1.29, 1.82) is 0 Å². The Morgan fingerprint density at radius 1 is 1.33 bits per heavy atom. The number of carbonyl (C=O) groups excluding carboxylic acids is 2. The minimum Gasteiger partial charge on any atom is -0.461 e. The van der Waals surface area contributed by atoms with E-state index >= 15 is 0 Å². The van der Waals surface area contributed by atoms with Crippen molar-refractivity contribution in [2.24, 2.45) is 0 Å². The van der Waals surface area contributed by atoms with Crippen LogP contribution in [0.15, 0.2) is 39.9 Å². The van der Waals surface area contributed by atoms with Crippen molar-refractivity contribution in [3.63, 3.8) is 0 Å². The second-order valence-electron chi connectivity index (χ2n) is 5.87. The maximum Gasteiger partial charge on any atom is 0.361 e. The molecule has 3 rings (SSSR count). The van der Waals surface area contributed by atoms with Crippen molar-refractivity contribution in [3.8, 4) is 0 Å². The number of benzene rings is 1. The second kappa shape index (κ2) is 7.40. The molecule has 3 aromatic rings. The minimum absolute atomic E-state index is 0.0918. The topological polar surface area (TPSA) is 116 Å². The van der Waals surface area contributed by atoms with Crippen molar-refractivity contribution >= 4 is 28.7 Å². The molecule has 1 N–H and O–H groups in total. The summed E-state index contributed by atoms with van der Waals surface area (Å²) in [5.41, 5.74) is 0.573. The Morgan fingerprint density at radius 2 is 2.07 bits per heavy atom. The van der Waals surface area contributed by atoms with E-state index in [1.165, 1.54) is 6.33 Å². The lowest BCUT2D eigenvalue weighted by molar-refractivity contribution is -0.118. The van der Waals surface area contributed by atoms with Crippen LogP contribution in [0.2, 0.25) is 0 Å². The molecule has 9 nitrogen and oxygen atoms in total. The first-order valence-corrected chi connectivity index (χ1v) is 8.34. The van der Waals surface area contributed by atoms with Crippen molar-refractivity contribution in [3.05, 3.63) is 52.2 Å². The van der Waals surface area contributed by atoms with E-state index in [0.29, 0.717) is 5.69 Å². The third-order valence-corrected chi connectivity index (χ3v) is 4.09. The lowest BCUT2D eigenvalue weighted by Gasteiger charge is -2.15. The number of rotatable bonds is 5. The molecule has 0 saturated carbocycles. The highest BCUT2D eigenvalue weighted by molar-refractivity contribution is 6.00. The molecule has 1 unspecified atom stereocenters. The monoisotopic (exact) mass is 370 g/mol. The van der Waals surface area contributed by atoms with Crippen molar-refractivity contribution < 1.29 is 18.8 Å². The molecule has 9 heteroatoms. The van der Waals surface area contributed by atoms with E-state index in [9.17, 15) is 14.4 Å². The van der Waals surface area contributed by atoms with Gasteiger partial charge in [-0.25, -0.2) is 9.78 Å². The summed E-state index contributed by atoms with van der Waals surface area (Å²) >= 11 is 0. The van der Waals surface area contributed by atoms with Crippen LogP contribution in [0.25, 0.3) is 11.1 Å². The number of hydrogen-bond acceptors (Lipinski definition) is 7. The molecule has 0 saturated heterocycles. The van der Waals surface area contributed by atoms with Crippen LogP contribution in [-0.2, 0) is 9.53 Å². The summed E-state index contributed by atoms with van der Waals surface area (Å²) < 4.78 is 10.9. The van der Waals surface area contributed by atoms with E-state index in [1.54, 1.807) is 26.0 Å². The Labute approximate surface area is 153 Å². The summed E-state index contributed by atoms with van der Waals surface area (Å²) in [6.45, 7) is 5.18. The molecule has 27 heavy (non-hydrogen) atoms. The number of carbonyl (C=O) groups is 2. The van der Waals surface area contributed by atoms with Gasteiger partial charge in [0.15, 0.2) is 0 Å². The molecule has 0 aliphatic carbocycles. The standard InChI is InChI=1S/C18H18N4O5/c1-4-26-18(25)14-13-16(27-21-14)19-9-22(17(13)24)11(3)15(23)20-12-8-6-5-7-10(12)2/h5-9,11H,4H2,1-3H3,(H,20,23). The van der Waals surface area contributed by atoms with Gasteiger partial charge in [0, 0.05) is 5.69 Å². The van der Waals surface area contributed by atoms with E-state index in [1.807, 2.05) is 19.1 Å². The summed E-state index contributed by atoms with van der Waals surface area (Å²) in [6, 6.07) is 6.42. The molecule has 2 heterocycles. The number of ether oxygens (including phenoxy) is 1. The number of aromatic nitrogens is 3. The number of fused-ring (bicyclic) bond motifs is 1. The first kappa shape index (κ1) is 18.3. The summed E-state index contributed by atoms with van der Waals surface area (Å²) in [6.07, 6.45) is 1.19. The van der Waals surface area contributed by atoms with Crippen LogP contribution in [0, 0.1) is 6.92 Å². The highest BCUT2D eigenvalue weighted by Gasteiger charge is 2.25. The highest BCUT2D eigenvalue weighted by Crippen LogP contribution is 2.17. The third-order valence-electron chi connectivity index (χ3n) is 4.09. The fourth-order valence-corrected chi connectivity index (χ4v) is 2.55.